The van der Waals surface area contributed by atoms with Crippen molar-refractivity contribution in [1.29, 1.82) is 0 Å². The van der Waals surface area contributed by atoms with Crippen molar-refractivity contribution >= 4 is 23.8 Å². The number of nitrogens with one attached hydrogen (secondary N) is 2. The molecule has 10 nitrogen and oxygen atoms in total. The van der Waals surface area contributed by atoms with E-state index in [1.165, 1.54) is 11.0 Å². The largest absolute Gasteiger partial charge is 0.508 e. The summed E-state index contributed by atoms with van der Waals surface area (Å²) in [7, 11) is 0. The van der Waals surface area contributed by atoms with E-state index in [9.17, 15) is 24.3 Å². The van der Waals surface area contributed by atoms with E-state index in [0.717, 1.165) is 44.9 Å². The van der Waals surface area contributed by atoms with Gasteiger partial charge in [0.2, 0.25) is 17.7 Å². The Morgan fingerprint density at radius 1 is 1.13 bits per heavy atom. The molecular weight excluding hydrogens is 500 g/mol. The molecule has 0 radical (unpaired) electrons. The molecule has 0 bridgehead atoms. The molecule has 5 N–H and O–H groups in total. The van der Waals surface area contributed by atoms with Gasteiger partial charge in [-0.2, -0.15) is 0 Å². The summed E-state index contributed by atoms with van der Waals surface area (Å²) in [6.07, 6.45) is 5.90. The van der Waals surface area contributed by atoms with Gasteiger partial charge in [-0.1, -0.05) is 45.1 Å². The van der Waals surface area contributed by atoms with Gasteiger partial charge in [-0.3, -0.25) is 14.4 Å². The number of hydrogen-bond acceptors (Lipinski definition) is 6. The Morgan fingerprint density at radius 3 is 2.36 bits per heavy atom. The summed E-state index contributed by atoms with van der Waals surface area (Å²) in [5.41, 5.74) is 5.72. The summed E-state index contributed by atoms with van der Waals surface area (Å²) in [6, 6.07) is 2.46. The summed E-state index contributed by atoms with van der Waals surface area (Å²) >= 11 is 0. The molecule has 10 heteroatoms. The number of hydrogen-bond donors (Lipinski definition) is 4. The van der Waals surface area contributed by atoms with Gasteiger partial charge < -0.3 is 31.1 Å². The van der Waals surface area contributed by atoms with Crippen LogP contribution in [0.25, 0.3) is 0 Å². The molecule has 2 atom stereocenters. The van der Waals surface area contributed by atoms with Crippen LogP contribution >= 0.6 is 0 Å². The number of rotatable bonds is 12. The van der Waals surface area contributed by atoms with Gasteiger partial charge in [-0.25, -0.2) is 4.79 Å². The fourth-order valence-electron chi connectivity index (χ4n) is 4.80. The van der Waals surface area contributed by atoms with Gasteiger partial charge in [-0.05, 0) is 70.2 Å². The lowest BCUT2D eigenvalue weighted by Crippen LogP contribution is -2.55. The number of aryl methyl sites for hydroxylation is 1. The van der Waals surface area contributed by atoms with Crippen LogP contribution in [0.5, 0.6) is 5.75 Å². The Kier molecular flexibility index (Phi) is 12.1. The number of aromatic hydroxyl groups is 1. The number of alkyl carbamates (subject to hydrolysis) is 1. The van der Waals surface area contributed by atoms with E-state index in [2.05, 4.69) is 10.6 Å². The number of amides is 4. The predicted molar refractivity (Wildman–Crippen MR) is 149 cm³/mol. The zero-order valence-corrected chi connectivity index (χ0v) is 24.0. The number of ether oxygens (including phenoxy) is 1. The molecule has 1 aromatic rings. The standard InChI is InChI=1S/C29H46N4O6/c1-6-7-11-16-33(27(37)22(18-24(30)35)32-28(38)39-29(3,4)5)25(20-14-15-23(34)19(2)17-20)26(36)31-21-12-9-8-10-13-21/h14-15,17,21-22,25,34H,6-13,16,18H2,1-5H3,(H2,30,35)(H,31,36)(H,32,38). The first-order valence-electron chi connectivity index (χ1n) is 14.0. The van der Waals surface area contributed by atoms with Crippen LogP contribution in [0.2, 0.25) is 0 Å². The Hall–Kier alpha value is -3.30. The Labute approximate surface area is 232 Å². The molecule has 1 fully saturated rings. The van der Waals surface area contributed by atoms with Crippen molar-refractivity contribution in [3.05, 3.63) is 29.3 Å². The van der Waals surface area contributed by atoms with Crippen molar-refractivity contribution < 1.29 is 29.0 Å². The second-order valence-electron chi connectivity index (χ2n) is 11.4. The summed E-state index contributed by atoms with van der Waals surface area (Å²) in [6.45, 7) is 9.04. The average molecular weight is 547 g/mol. The summed E-state index contributed by atoms with van der Waals surface area (Å²) < 4.78 is 5.32. The van der Waals surface area contributed by atoms with Gasteiger partial charge in [-0.15, -0.1) is 0 Å². The maximum Gasteiger partial charge on any atom is 0.408 e. The molecule has 1 aliphatic carbocycles. The van der Waals surface area contributed by atoms with Gasteiger partial charge in [0, 0.05) is 12.6 Å². The molecule has 1 aliphatic rings. The molecule has 1 aromatic carbocycles. The Balaban J connectivity index is 2.50. The van der Waals surface area contributed by atoms with Crippen LogP contribution in [-0.4, -0.2) is 58.1 Å². The quantitative estimate of drug-likeness (QED) is 0.291. The highest BCUT2D eigenvalue weighted by Gasteiger charge is 2.37. The number of nitrogens with two attached hydrogens (primary N) is 1. The number of phenols is 1. The molecule has 218 valence electrons. The third-order valence-corrected chi connectivity index (χ3v) is 6.73. The topological polar surface area (TPSA) is 151 Å². The minimum absolute atomic E-state index is 0.000797. The van der Waals surface area contributed by atoms with E-state index in [4.69, 9.17) is 10.5 Å². The van der Waals surface area contributed by atoms with Crippen LogP contribution in [0.3, 0.4) is 0 Å². The summed E-state index contributed by atoms with van der Waals surface area (Å²) in [5, 5.41) is 15.8. The number of carbonyl (C=O) groups excluding carboxylic acids is 4. The number of nitrogens with zero attached hydrogens (tertiary/aromatic N) is 1. The van der Waals surface area contributed by atoms with Crippen LogP contribution in [-0.2, 0) is 19.1 Å². The predicted octanol–water partition coefficient (Wildman–Crippen LogP) is 3.98. The number of phenolic OH excluding ortho intramolecular Hbond substituents is 1. The van der Waals surface area contributed by atoms with Crippen molar-refractivity contribution in [2.45, 2.75) is 116 Å². The van der Waals surface area contributed by atoms with Crippen LogP contribution in [0.1, 0.15) is 103 Å². The van der Waals surface area contributed by atoms with E-state index in [-0.39, 0.29) is 24.2 Å². The zero-order chi connectivity index (χ0) is 29.2. The van der Waals surface area contributed by atoms with E-state index in [1.54, 1.807) is 39.8 Å². The molecule has 0 saturated heterocycles. The number of benzene rings is 1. The minimum Gasteiger partial charge on any atom is -0.508 e. The van der Waals surface area contributed by atoms with Gasteiger partial charge in [0.05, 0.1) is 6.42 Å². The monoisotopic (exact) mass is 546 g/mol. The molecule has 0 heterocycles. The van der Waals surface area contributed by atoms with Crippen LogP contribution in [0.15, 0.2) is 18.2 Å². The SMILES string of the molecule is CCCCCN(C(=O)C(CC(N)=O)NC(=O)OC(C)(C)C)C(C(=O)NC1CCCCC1)c1ccc(O)c(C)c1. The Bertz CT molecular complexity index is 1000. The number of unbranched alkanes of at least 4 members (excludes halogenated alkanes) is 2. The highest BCUT2D eigenvalue weighted by Crippen LogP contribution is 2.29. The van der Waals surface area contributed by atoms with Crippen LogP contribution < -0.4 is 16.4 Å². The van der Waals surface area contributed by atoms with E-state index in [0.29, 0.717) is 17.5 Å². The normalized spacial score (nSPS) is 15.6. The molecule has 2 rings (SSSR count). The lowest BCUT2D eigenvalue weighted by atomic mass is 9.94. The third-order valence-electron chi connectivity index (χ3n) is 6.73. The van der Waals surface area contributed by atoms with Gasteiger partial charge in [0.15, 0.2) is 0 Å². The lowest BCUT2D eigenvalue weighted by Gasteiger charge is -2.35. The fraction of sp³-hybridized carbons (Fsp3) is 0.655. The lowest BCUT2D eigenvalue weighted by molar-refractivity contribution is -0.143. The first kappa shape index (κ1) is 31.9. The molecule has 2 unspecified atom stereocenters. The summed E-state index contributed by atoms with van der Waals surface area (Å²) in [4.78, 5) is 53.9. The van der Waals surface area contributed by atoms with Gasteiger partial charge in [0.1, 0.15) is 23.4 Å². The van der Waals surface area contributed by atoms with E-state index < -0.39 is 42.0 Å². The first-order chi connectivity index (χ1) is 18.3. The number of carbonyl (C=O) groups is 4. The molecule has 39 heavy (non-hydrogen) atoms. The molecule has 4 amide bonds. The first-order valence-corrected chi connectivity index (χ1v) is 14.0. The second kappa shape index (κ2) is 14.7. The molecule has 1 saturated carbocycles. The zero-order valence-electron chi connectivity index (χ0n) is 24.0. The minimum atomic E-state index is -1.32. The maximum atomic E-state index is 14.1. The molecule has 0 aliphatic heterocycles. The van der Waals surface area contributed by atoms with Crippen LogP contribution in [0.4, 0.5) is 4.79 Å². The molecule has 0 spiro atoms. The van der Waals surface area contributed by atoms with Crippen molar-refractivity contribution in [1.82, 2.24) is 15.5 Å². The molecule has 0 aromatic heterocycles. The fourth-order valence-corrected chi connectivity index (χ4v) is 4.80. The van der Waals surface area contributed by atoms with E-state index in [1.807, 2.05) is 6.92 Å². The summed E-state index contributed by atoms with van der Waals surface area (Å²) in [5.74, 6) is -1.65. The third kappa shape index (κ3) is 10.4. The Morgan fingerprint density at radius 2 is 1.79 bits per heavy atom. The van der Waals surface area contributed by atoms with Crippen molar-refractivity contribution in [2.75, 3.05) is 6.54 Å². The van der Waals surface area contributed by atoms with Gasteiger partial charge >= 0.3 is 6.09 Å². The van der Waals surface area contributed by atoms with Crippen molar-refractivity contribution in [2.24, 2.45) is 5.73 Å². The number of primary amides is 1. The van der Waals surface area contributed by atoms with Gasteiger partial charge in [0.25, 0.3) is 0 Å². The van der Waals surface area contributed by atoms with Crippen LogP contribution in [0, 0.1) is 6.92 Å². The molecular formula is C29H46N4O6. The average Bonchev–Trinajstić information content (AvgIpc) is 2.84. The second-order valence-corrected chi connectivity index (χ2v) is 11.4. The maximum absolute atomic E-state index is 14.1. The smallest absolute Gasteiger partial charge is 0.408 e. The van der Waals surface area contributed by atoms with Crippen molar-refractivity contribution in [3.8, 4) is 5.75 Å². The van der Waals surface area contributed by atoms with E-state index >= 15 is 0 Å². The van der Waals surface area contributed by atoms with Crippen molar-refractivity contribution in [3.63, 3.8) is 0 Å². The highest BCUT2D eigenvalue weighted by molar-refractivity contribution is 5.94. The highest BCUT2D eigenvalue weighted by atomic mass is 16.6.